The van der Waals surface area contributed by atoms with Crippen LogP contribution in [0.15, 0.2) is 60.8 Å². The maximum absolute atomic E-state index is 13.2. The van der Waals surface area contributed by atoms with Gasteiger partial charge in [-0.15, -0.1) is 0 Å². The summed E-state index contributed by atoms with van der Waals surface area (Å²) in [6.07, 6.45) is 1.95. The fraction of sp³-hybridized carbons (Fsp3) is 0.167. The molecule has 0 aliphatic heterocycles. The number of anilines is 2. The first kappa shape index (κ1) is 20.3. The molecule has 0 atom stereocenters. The van der Waals surface area contributed by atoms with Crippen molar-refractivity contribution in [2.45, 2.75) is 27.3 Å². The topological polar surface area (TPSA) is 88.9 Å². The van der Waals surface area contributed by atoms with E-state index >= 15 is 0 Å². The Hall–Kier alpha value is -4.00. The molecule has 0 fully saturated rings. The largest absolute Gasteiger partial charge is 0.326 e. The van der Waals surface area contributed by atoms with E-state index in [4.69, 9.17) is 4.98 Å². The molecule has 2 aromatic carbocycles. The highest BCUT2D eigenvalue weighted by atomic mass is 16.2. The van der Waals surface area contributed by atoms with Gasteiger partial charge in [0, 0.05) is 42.0 Å². The van der Waals surface area contributed by atoms with Gasteiger partial charge >= 0.3 is 0 Å². The predicted octanol–water partition coefficient (Wildman–Crippen LogP) is 4.64. The van der Waals surface area contributed by atoms with Gasteiger partial charge in [0.05, 0.1) is 22.5 Å². The summed E-state index contributed by atoms with van der Waals surface area (Å²) in [6, 6.07) is 16.4. The van der Waals surface area contributed by atoms with Crippen molar-refractivity contribution in [3.05, 3.63) is 72.1 Å². The highest BCUT2D eigenvalue weighted by Crippen LogP contribution is 2.27. The number of rotatable bonds is 5. The fourth-order valence-electron chi connectivity index (χ4n) is 3.47. The lowest BCUT2D eigenvalue weighted by atomic mass is 10.0. The zero-order chi connectivity index (χ0) is 22.0. The molecule has 4 rings (SSSR count). The van der Waals surface area contributed by atoms with Gasteiger partial charge in [0.25, 0.3) is 5.91 Å². The van der Waals surface area contributed by atoms with Gasteiger partial charge in [0.15, 0.2) is 0 Å². The summed E-state index contributed by atoms with van der Waals surface area (Å²) in [6.45, 7) is 6.18. The number of para-hydroxylation sites is 1. The molecule has 2 heterocycles. The number of aromatic nitrogens is 3. The second-order valence-electron chi connectivity index (χ2n) is 7.27. The van der Waals surface area contributed by atoms with Crippen LogP contribution >= 0.6 is 0 Å². The standard InChI is InChI=1S/C24H23N5O2/c1-4-29-14-21(15(2)28-29)23-13-20(19-7-5-6-8-22(19)27-23)24(31)26-18-11-9-17(10-12-18)25-16(3)30/h5-14H,4H2,1-3H3,(H,25,30)(H,26,31). The highest BCUT2D eigenvalue weighted by molar-refractivity contribution is 6.13. The van der Waals surface area contributed by atoms with E-state index in [1.807, 2.05) is 55.1 Å². The minimum absolute atomic E-state index is 0.144. The first-order valence-electron chi connectivity index (χ1n) is 10.1. The summed E-state index contributed by atoms with van der Waals surface area (Å²) in [5, 5.41) is 10.9. The molecule has 0 unspecified atom stereocenters. The molecule has 4 aromatic rings. The van der Waals surface area contributed by atoms with Gasteiger partial charge in [0.1, 0.15) is 0 Å². The summed E-state index contributed by atoms with van der Waals surface area (Å²) < 4.78 is 1.86. The van der Waals surface area contributed by atoms with Crippen LogP contribution in [-0.2, 0) is 11.3 Å². The molecular formula is C24H23N5O2. The highest BCUT2D eigenvalue weighted by Gasteiger charge is 2.16. The normalized spacial score (nSPS) is 10.8. The van der Waals surface area contributed by atoms with Crippen molar-refractivity contribution in [3.63, 3.8) is 0 Å². The van der Waals surface area contributed by atoms with E-state index < -0.39 is 0 Å². The number of carbonyl (C=O) groups excluding carboxylic acids is 2. The maximum atomic E-state index is 13.2. The minimum Gasteiger partial charge on any atom is -0.326 e. The second-order valence-corrected chi connectivity index (χ2v) is 7.27. The third-order valence-corrected chi connectivity index (χ3v) is 4.97. The molecule has 2 amide bonds. The minimum atomic E-state index is -0.229. The number of hydrogen-bond acceptors (Lipinski definition) is 4. The van der Waals surface area contributed by atoms with Crippen molar-refractivity contribution in [1.82, 2.24) is 14.8 Å². The monoisotopic (exact) mass is 413 g/mol. The summed E-state index contributed by atoms with van der Waals surface area (Å²) in [5.74, 6) is -0.373. The molecule has 0 radical (unpaired) electrons. The molecule has 0 aliphatic rings. The average Bonchev–Trinajstić information content (AvgIpc) is 3.14. The molecule has 2 N–H and O–H groups in total. The van der Waals surface area contributed by atoms with Crippen molar-refractivity contribution in [2.24, 2.45) is 0 Å². The number of nitrogens with one attached hydrogen (secondary N) is 2. The Morgan fingerprint density at radius 1 is 1.00 bits per heavy atom. The number of carbonyl (C=O) groups is 2. The van der Waals surface area contributed by atoms with Crippen LogP contribution in [0.5, 0.6) is 0 Å². The van der Waals surface area contributed by atoms with Crippen molar-refractivity contribution >= 4 is 34.1 Å². The number of aryl methyl sites for hydroxylation is 2. The zero-order valence-corrected chi connectivity index (χ0v) is 17.6. The van der Waals surface area contributed by atoms with E-state index in [0.717, 1.165) is 28.7 Å². The second kappa shape index (κ2) is 8.39. The number of hydrogen-bond donors (Lipinski definition) is 2. The Bertz CT molecular complexity index is 1280. The van der Waals surface area contributed by atoms with Gasteiger partial charge < -0.3 is 10.6 Å². The van der Waals surface area contributed by atoms with E-state index in [2.05, 4.69) is 15.7 Å². The summed E-state index contributed by atoms with van der Waals surface area (Å²) in [5.41, 5.74) is 5.07. The van der Waals surface area contributed by atoms with Crippen LogP contribution < -0.4 is 10.6 Å². The molecule has 0 aliphatic carbocycles. The van der Waals surface area contributed by atoms with Gasteiger partial charge in [-0.25, -0.2) is 4.98 Å². The SMILES string of the molecule is CCn1cc(-c2cc(C(=O)Nc3ccc(NC(C)=O)cc3)c3ccccc3n2)c(C)n1. The molecule has 156 valence electrons. The number of amides is 2. The van der Waals surface area contributed by atoms with E-state index in [1.54, 1.807) is 24.3 Å². The molecule has 0 spiro atoms. The van der Waals surface area contributed by atoms with Crippen LogP contribution in [0.3, 0.4) is 0 Å². The van der Waals surface area contributed by atoms with Crippen LogP contribution in [0.1, 0.15) is 29.9 Å². The molecule has 0 saturated carbocycles. The number of benzene rings is 2. The molecule has 31 heavy (non-hydrogen) atoms. The molecule has 0 bridgehead atoms. The quantitative estimate of drug-likeness (QED) is 0.499. The van der Waals surface area contributed by atoms with Crippen molar-refractivity contribution in [2.75, 3.05) is 10.6 Å². The van der Waals surface area contributed by atoms with Crippen LogP contribution in [-0.4, -0.2) is 26.6 Å². The van der Waals surface area contributed by atoms with Gasteiger partial charge in [-0.2, -0.15) is 5.10 Å². The van der Waals surface area contributed by atoms with E-state index in [0.29, 0.717) is 22.6 Å². The Balaban J connectivity index is 1.71. The molecule has 7 heteroatoms. The van der Waals surface area contributed by atoms with Gasteiger partial charge in [-0.3, -0.25) is 14.3 Å². The lowest BCUT2D eigenvalue weighted by Crippen LogP contribution is -2.13. The lowest BCUT2D eigenvalue weighted by molar-refractivity contribution is -0.114. The molecule has 0 saturated heterocycles. The number of fused-ring (bicyclic) bond motifs is 1. The first-order valence-corrected chi connectivity index (χ1v) is 10.1. The fourth-order valence-corrected chi connectivity index (χ4v) is 3.47. The number of pyridine rings is 1. The summed E-state index contributed by atoms with van der Waals surface area (Å²) in [7, 11) is 0. The van der Waals surface area contributed by atoms with E-state index in [1.165, 1.54) is 6.92 Å². The molecule has 2 aromatic heterocycles. The van der Waals surface area contributed by atoms with Gasteiger partial charge in [-0.05, 0) is 50.2 Å². The van der Waals surface area contributed by atoms with Crippen LogP contribution in [0.4, 0.5) is 11.4 Å². The van der Waals surface area contributed by atoms with Crippen molar-refractivity contribution in [3.8, 4) is 11.3 Å². The third kappa shape index (κ3) is 4.30. The van der Waals surface area contributed by atoms with Crippen molar-refractivity contribution < 1.29 is 9.59 Å². The summed E-state index contributed by atoms with van der Waals surface area (Å²) in [4.78, 5) is 29.1. The third-order valence-electron chi connectivity index (χ3n) is 4.97. The van der Waals surface area contributed by atoms with Crippen molar-refractivity contribution in [1.29, 1.82) is 0 Å². The Kier molecular flexibility index (Phi) is 5.49. The lowest BCUT2D eigenvalue weighted by Gasteiger charge is -2.11. The van der Waals surface area contributed by atoms with Crippen LogP contribution in [0.25, 0.3) is 22.2 Å². The molecular weight excluding hydrogens is 390 g/mol. The van der Waals surface area contributed by atoms with Gasteiger partial charge in [-0.1, -0.05) is 18.2 Å². The van der Waals surface area contributed by atoms with E-state index in [9.17, 15) is 9.59 Å². The number of nitrogens with zero attached hydrogens (tertiary/aromatic N) is 3. The maximum Gasteiger partial charge on any atom is 0.256 e. The zero-order valence-electron chi connectivity index (χ0n) is 17.6. The first-order chi connectivity index (χ1) is 14.9. The Labute approximate surface area is 180 Å². The average molecular weight is 413 g/mol. The predicted molar refractivity (Wildman–Crippen MR) is 122 cm³/mol. The van der Waals surface area contributed by atoms with Gasteiger partial charge in [0.2, 0.25) is 5.91 Å². The Morgan fingerprint density at radius 3 is 2.32 bits per heavy atom. The smallest absolute Gasteiger partial charge is 0.256 e. The van der Waals surface area contributed by atoms with Crippen LogP contribution in [0.2, 0.25) is 0 Å². The Morgan fingerprint density at radius 2 is 1.68 bits per heavy atom. The van der Waals surface area contributed by atoms with Crippen LogP contribution in [0, 0.1) is 6.92 Å². The summed E-state index contributed by atoms with van der Waals surface area (Å²) >= 11 is 0. The van der Waals surface area contributed by atoms with E-state index in [-0.39, 0.29) is 11.8 Å². The molecule has 7 nitrogen and oxygen atoms in total.